The highest BCUT2D eigenvalue weighted by molar-refractivity contribution is 7.98. The van der Waals surface area contributed by atoms with Crippen molar-refractivity contribution in [3.63, 3.8) is 0 Å². The maximum absolute atomic E-state index is 11.5. The first-order chi connectivity index (χ1) is 8.11. The number of thioether (sulfide) groups is 1. The lowest BCUT2D eigenvalue weighted by Crippen LogP contribution is -2.42. The normalized spacial score (nSPS) is 11.9. The molecule has 0 aliphatic rings. The van der Waals surface area contributed by atoms with Crippen LogP contribution in [0.3, 0.4) is 0 Å². The molecule has 0 rings (SSSR count). The van der Waals surface area contributed by atoms with Gasteiger partial charge in [0.05, 0.1) is 6.04 Å². The van der Waals surface area contributed by atoms with Crippen LogP contribution in [0.5, 0.6) is 0 Å². The second-order valence-corrected chi connectivity index (χ2v) is 4.76. The monoisotopic (exact) mass is 261 g/mol. The molecule has 0 aromatic rings. The molecule has 0 heterocycles. The van der Waals surface area contributed by atoms with Gasteiger partial charge in [0.15, 0.2) is 0 Å². The van der Waals surface area contributed by atoms with Crippen molar-refractivity contribution in [1.82, 2.24) is 10.6 Å². The largest absolute Gasteiger partial charge is 0.356 e. The fourth-order valence-corrected chi connectivity index (χ4v) is 1.65. The molecular weight excluding hydrogens is 238 g/mol. The van der Waals surface area contributed by atoms with E-state index in [4.69, 9.17) is 5.73 Å². The Morgan fingerprint density at radius 2 is 2.00 bits per heavy atom. The van der Waals surface area contributed by atoms with Crippen LogP contribution >= 0.6 is 11.8 Å². The minimum absolute atomic E-state index is 0.0372. The van der Waals surface area contributed by atoms with Crippen molar-refractivity contribution in [2.24, 2.45) is 5.73 Å². The standard InChI is InChI=1S/C11H23N3O2S/c1-3-6-13-10(15)4-7-14-11(16)9(12)5-8-17-2/h9H,3-8,12H2,1-2H3,(H,13,15)(H,14,16)/t9-/m0/s1. The summed E-state index contributed by atoms with van der Waals surface area (Å²) in [4.78, 5) is 22.7. The van der Waals surface area contributed by atoms with Gasteiger partial charge in [-0.05, 0) is 24.9 Å². The molecule has 6 heteroatoms. The minimum Gasteiger partial charge on any atom is -0.356 e. The van der Waals surface area contributed by atoms with Gasteiger partial charge in [-0.2, -0.15) is 11.8 Å². The SMILES string of the molecule is CCCNC(=O)CCNC(=O)[C@@H](N)CCSC. The zero-order valence-corrected chi connectivity index (χ0v) is 11.4. The Hall–Kier alpha value is -0.750. The zero-order valence-electron chi connectivity index (χ0n) is 10.6. The third-order valence-corrected chi connectivity index (χ3v) is 2.84. The van der Waals surface area contributed by atoms with E-state index in [1.165, 1.54) is 0 Å². The van der Waals surface area contributed by atoms with Gasteiger partial charge >= 0.3 is 0 Å². The van der Waals surface area contributed by atoms with Crippen LogP contribution in [0.2, 0.25) is 0 Å². The third-order valence-electron chi connectivity index (χ3n) is 2.19. The number of carbonyl (C=O) groups excluding carboxylic acids is 2. The summed E-state index contributed by atoms with van der Waals surface area (Å²) >= 11 is 1.66. The molecule has 0 aromatic carbocycles. The quantitative estimate of drug-likeness (QED) is 0.549. The van der Waals surface area contributed by atoms with Gasteiger partial charge < -0.3 is 16.4 Å². The molecule has 2 amide bonds. The van der Waals surface area contributed by atoms with Gasteiger partial charge in [0, 0.05) is 19.5 Å². The molecule has 0 unspecified atom stereocenters. The third kappa shape index (κ3) is 9.00. The van der Waals surface area contributed by atoms with Crippen LogP contribution < -0.4 is 16.4 Å². The minimum atomic E-state index is -0.471. The van der Waals surface area contributed by atoms with Crippen LogP contribution in [0.1, 0.15) is 26.2 Å². The Kier molecular flexibility index (Phi) is 9.95. The van der Waals surface area contributed by atoms with Gasteiger partial charge in [-0.3, -0.25) is 9.59 Å². The molecular formula is C11H23N3O2S. The molecule has 0 saturated heterocycles. The number of rotatable bonds is 9. The van der Waals surface area contributed by atoms with Gasteiger partial charge in [0.25, 0.3) is 0 Å². The van der Waals surface area contributed by atoms with E-state index in [-0.39, 0.29) is 11.8 Å². The summed E-state index contributed by atoms with van der Waals surface area (Å²) in [5.74, 6) is 0.651. The van der Waals surface area contributed by atoms with E-state index in [0.29, 0.717) is 25.9 Å². The summed E-state index contributed by atoms with van der Waals surface area (Å²) in [6.45, 7) is 3.02. The Labute approximate surface area is 107 Å². The van der Waals surface area contributed by atoms with Gasteiger partial charge in [-0.15, -0.1) is 0 Å². The lowest BCUT2D eigenvalue weighted by atomic mass is 10.2. The molecule has 0 aromatic heterocycles. The number of hydrogen-bond donors (Lipinski definition) is 3. The van der Waals surface area contributed by atoms with Crippen molar-refractivity contribution in [1.29, 1.82) is 0 Å². The summed E-state index contributed by atoms with van der Waals surface area (Å²) < 4.78 is 0. The first-order valence-electron chi connectivity index (χ1n) is 5.90. The smallest absolute Gasteiger partial charge is 0.236 e. The highest BCUT2D eigenvalue weighted by atomic mass is 32.2. The topological polar surface area (TPSA) is 84.2 Å². The van der Waals surface area contributed by atoms with Crippen LogP contribution in [0.4, 0.5) is 0 Å². The van der Waals surface area contributed by atoms with E-state index < -0.39 is 6.04 Å². The lowest BCUT2D eigenvalue weighted by molar-refractivity contribution is -0.123. The summed E-state index contributed by atoms with van der Waals surface area (Å²) in [6.07, 6.45) is 3.86. The van der Waals surface area contributed by atoms with E-state index in [2.05, 4.69) is 10.6 Å². The Morgan fingerprint density at radius 1 is 1.29 bits per heavy atom. The van der Waals surface area contributed by atoms with Crippen molar-refractivity contribution >= 4 is 23.6 Å². The highest BCUT2D eigenvalue weighted by Crippen LogP contribution is 1.98. The molecule has 100 valence electrons. The molecule has 17 heavy (non-hydrogen) atoms. The van der Waals surface area contributed by atoms with Crippen molar-refractivity contribution in [2.45, 2.75) is 32.2 Å². The Morgan fingerprint density at radius 3 is 2.59 bits per heavy atom. The maximum atomic E-state index is 11.5. The van der Waals surface area contributed by atoms with Crippen LogP contribution in [0.25, 0.3) is 0 Å². The van der Waals surface area contributed by atoms with E-state index in [0.717, 1.165) is 12.2 Å². The van der Waals surface area contributed by atoms with Crippen molar-refractivity contribution in [3.05, 3.63) is 0 Å². The first kappa shape index (κ1) is 16.2. The molecule has 0 spiro atoms. The molecule has 0 aliphatic carbocycles. The summed E-state index contributed by atoms with van der Waals surface area (Å²) in [5.41, 5.74) is 5.67. The summed E-state index contributed by atoms with van der Waals surface area (Å²) in [5, 5.41) is 5.41. The van der Waals surface area contributed by atoms with E-state index in [9.17, 15) is 9.59 Å². The molecule has 0 saturated carbocycles. The van der Waals surface area contributed by atoms with Crippen LogP contribution in [0.15, 0.2) is 0 Å². The fraction of sp³-hybridized carbons (Fsp3) is 0.818. The van der Waals surface area contributed by atoms with Crippen LogP contribution in [-0.2, 0) is 9.59 Å². The number of amides is 2. The molecule has 0 aliphatic heterocycles. The van der Waals surface area contributed by atoms with E-state index >= 15 is 0 Å². The first-order valence-corrected chi connectivity index (χ1v) is 7.30. The van der Waals surface area contributed by atoms with Crippen molar-refractivity contribution in [2.75, 3.05) is 25.1 Å². The molecule has 5 nitrogen and oxygen atoms in total. The van der Waals surface area contributed by atoms with Gasteiger partial charge in [-0.1, -0.05) is 6.92 Å². The average molecular weight is 261 g/mol. The van der Waals surface area contributed by atoms with E-state index in [1.54, 1.807) is 11.8 Å². The summed E-state index contributed by atoms with van der Waals surface area (Å²) in [6, 6.07) is -0.471. The second-order valence-electron chi connectivity index (χ2n) is 3.78. The van der Waals surface area contributed by atoms with Gasteiger partial charge in [0.1, 0.15) is 0 Å². The van der Waals surface area contributed by atoms with Crippen LogP contribution in [-0.4, -0.2) is 43.0 Å². The zero-order chi connectivity index (χ0) is 13.1. The molecule has 0 bridgehead atoms. The number of nitrogens with one attached hydrogen (secondary N) is 2. The lowest BCUT2D eigenvalue weighted by Gasteiger charge is -2.11. The number of nitrogens with two attached hydrogens (primary N) is 1. The van der Waals surface area contributed by atoms with E-state index in [1.807, 2.05) is 13.2 Å². The highest BCUT2D eigenvalue weighted by Gasteiger charge is 2.12. The average Bonchev–Trinajstić information content (AvgIpc) is 2.33. The van der Waals surface area contributed by atoms with Crippen molar-refractivity contribution in [3.8, 4) is 0 Å². The number of hydrogen-bond acceptors (Lipinski definition) is 4. The predicted molar refractivity (Wildman–Crippen MR) is 71.9 cm³/mol. The van der Waals surface area contributed by atoms with Crippen LogP contribution in [0, 0.1) is 0 Å². The van der Waals surface area contributed by atoms with Crippen molar-refractivity contribution < 1.29 is 9.59 Å². The maximum Gasteiger partial charge on any atom is 0.236 e. The number of carbonyl (C=O) groups is 2. The Balaban J connectivity index is 3.59. The fourth-order valence-electron chi connectivity index (χ4n) is 1.16. The summed E-state index contributed by atoms with van der Waals surface area (Å²) in [7, 11) is 0. The van der Waals surface area contributed by atoms with Gasteiger partial charge in [-0.25, -0.2) is 0 Å². The molecule has 0 radical (unpaired) electrons. The van der Waals surface area contributed by atoms with Gasteiger partial charge in [0.2, 0.25) is 11.8 Å². The molecule has 1 atom stereocenters. The molecule has 0 fully saturated rings. The molecule has 4 N–H and O–H groups in total. The Bertz CT molecular complexity index is 237. The predicted octanol–water partition coefficient (Wildman–Crippen LogP) is 0.0993. The second kappa shape index (κ2) is 10.4.